The zero-order valence-electron chi connectivity index (χ0n) is 25.4. The Balaban J connectivity index is 1.48. The van der Waals surface area contributed by atoms with Gasteiger partial charge in [0.1, 0.15) is 37.4 Å². The molecule has 12 heteroatoms. The number of rotatable bonds is 11. The van der Waals surface area contributed by atoms with Crippen molar-refractivity contribution in [1.29, 1.82) is 0 Å². The van der Waals surface area contributed by atoms with Crippen molar-refractivity contribution in [2.24, 2.45) is 0 Å². The summed E-state index contributed by atoms with van der Waals surface area (Å²) in [6.45, 7) is 1.61. The molecule has 10 nitrogen and oxygen atoms in total. The highest BCUT2D eigenvalue weighted by Crippen LogP contribution is 2.34. The van der Waals surface area contributed by atoms with Gasteiger partial charge in [-0.25, -0.2) is 12.8 Å². The van der Waals surface area contributed by atoms with Gasteiger partial charge in [0.15, 0.2) is 11.5 Å². The average molecular weight is 640 g/mol. The molecule has 1 saturated carbocycles. The summed E-state index contributed by atoms with van der Waals surface area (Å²) < 4.78 is 59.6. The number of halogens is 1. The number of fused-ring (bicyclic) bond motifs is 1. The Kier molecular flexibility index (Phi) is 10.1. The number of methoxy groups -OCH3 is 1. The minimum atomic E-state index is -4.37. The maximum absolute atomic E-state index is 14.2. The van der Waals surface area contributed by atoms with Crippen LogP contribution in [0.4, 0.5) is 10.1 Å². The van der Waals surface area contributed by atoms with Crippen molar-refractivity contribution < 1.29 is 36.6 Å². The largest absolute Gasteiger partial charge is 0.497 e. The van der Waals surface area contributed by atoms with Crippen molar-refractivity contribution >= 4 is 27.5 Å². The van der Waals surface area contributed by atoms with Crippen LogP contribution in [-0.4, -0.2) is 64.1 Å². The summed E-state index contributed by atoms with van der Waals surface area (Å²) in [5.74, 6) is -0.245. The van der Waals surface area contributed by atoms with Gasteiger partial charge in [0.05, 0.1) is 17.7 Å². The lowest BCUT2D eigenvalue weighted by Gasteiger charge is -2.33. The van der Waals surface area contributed by atoms with Gasteiger partial charge in [-0.15, -0.1) is 0 Å². The number of hydrogen-bond acceptors (Lipinski definition) is 7. The number of hydrogen-bond donors (Lipinski definition) is 1. The van der Waals surface area contributed by atoms with Gasteiger partial charge >= 0.3 is 0 Å². The number of carbonyl (C=O) groups excluding carboxylic acids is 2. The van der Waals surface area contributed by atoms with E-state index in [1.807, 2.05) is 0 Å². The highest BCUT2D eigenvalue weighted by atomic mass is 32.2. The second-order valence-corrected chi connectivity index (χ2v) is 13.0. The van der Waals surface area contributed by atoms with Crippen molar-refractivity contribution in [3.63, 3.8) is 0 Å². The molecule has 1 aliphatic carbocycles. The molecular formula is C33H38FN3O7S. The SMILES string of the molecule is COc1cccc(CN(C(=O)CN(c2ccc(F)cc2)S(=O)(=O)c2ccc3c(c2)OCCO3)[C@@H](C)C(=O)NC2CCCCC2)c1. The van der Waals surface area contributed by atoms with Crippen LogP contribution in [0, 0.1) is 5.82 Å². The Hall–Kier alpha value is -4.32. The molecule has 240 valence electrons. The summed E-state index contributed by atoms with van der Waals surface area (Å²) in [5.41, 5.74) is 0.781. The average Bonchev–Trinajstić information content (AvgIpc) is 3.06. The maximum atomic E-state index is 14.2. The third-order valence-corrected chi connectivity index (χ3v) is 9.87. The van der Waals surface area contributed by atoms with E-state index < -0.39 is 34.3 Å². The van der Waals surface area contributed by atoms with Crippen molar-refractivity contribution in [2.75, 3.05) is 31.2 Å². The summed E-state index contributed by atoms with van der Waals surface area (Å²) in [6, 6.07) is 15.3. The van der Waals surface area contributed by atoms with Crippen LogP contribution < -0.4 is 23.8 Å². The van der Waals surface area contributed by atoms with E-state index in [1.165, 1.54) is 42.3 Å². The second-order valence-electron chi connectivity index (χ2n) is 11.2. The number of benzene rings is 3. The summed E-state index contributed by atoms with van der Waals surface area (Å²) in [6.07, 6.45) is 4.91. The molecule has 45 heavy (non-hydrogen) atoms. The van der Waals surface area contributed by atoms with E-state index in [0.717, 1.165) is 48.5 Å². The molecule has 2 amide bonds. The van der Waals surface area contributed by atoms with E-state index in [9.17, 15) is 22.4 Å². The number of anilines is 1. The first-order valence-electron chi connectivity index (χ1n) is 15.1. The first-order valence-corrected chi connectivity index (χ1v) is 16.5. The van der Waals surface area contributed by atoms with Gasteiger partial charge in [-0.3, -0.25) is 13.9 Å². The Morgan fingerprint density at radius 2 is 1.69 bits per heavy atom. The van der Waals surface area contributed by atoms with Crippen LogP contribution >= 0.6 is 0 Å². The molecule has 3 aromatic carbocycles. The van der Waals surface area contributed by atoms with Crippen LogP contribution in [0.25, 0.3) is 0 Å². The normalized spacial score (nSPS) is 15.5. The second kappa shape index (κ2) is 14.2. The van der Waals surface area contributed by atoms with Crippen LogP contribution in [0.15, 0.2) is 71.6 Å². The summed E-state index contributed by atoms with van der Waals surface area (Å²) in [5, 5.41) is 3.08. The van der Waals surface area contributed by atoms with E-state index >= 15 is 0 Å². The fourth-order valence-corrected chi connectivity index (χ4v) is 7.00. The van der Waals surface area contributed by atoms with Gasteiger partial charge in [-0.2, -0.15) is 0 Å². The van der Waals surface area contributed by atoms with Crippen LogP contribution in [0.1, 0.15) is 44.6 Å². The molecule has 1 heterocycles. The zero-order valence-corrected chi connectivity index (χ0v) is 26.2. The van der Waals surface area contributed by atoms with E-state index in [0.29, 0.717) is 23.7 Å². The predicted octanol–water partition coefficient (Wildman–Crippen LogP) is 4.67. The molecule has 0 unspecified atom stereocenters. The van der Waals surface area contributed by atoms with Crippen LogP contribution in [-0.2, 0) is 26.2 Å². The van der Waals surface area contributed by atoms with Gasteiger partial charge in [0.25, 0.3) is 10.0 Å². The molecule has 0 aromatic heterocycles. The molecule has 0 radical (unpaired) electrons. The topological polar surface area (TPSA) is 114 Å². The first kappa shape index (κ1) is 32.1. The standard InChI is InChI=1S/C33H38FN3O7S/c1-23(33(39)35-26-8-4-3-5-9-26)36(21-24-7-6-10-28(19-24)42-2)32(38)22-37(27-13-11-25(34)12-14-27)45(40,41)29-15-16-30-31(20-29)44-18-17-43-30/h6-7,10-16,19-20,23,26H,3-5,8-9,17-18,21-22H2,1-2H3,(H,35,39)/t23-/m0/s1. The lowest BCUT2D eigenvalue weighted by molar-refractivity contribution is -0.139. The number of nitrogens with one attached hydrogen (secondary N) is 1. The number of nitrogens with zero attached hydrogens (tertiary/aromatic N) is 2. The molecular weight excluding hydrogens is 601 g/mol. The van der Waals surface area contributed by atoms with Crippen molar-refractivity contribution in [3.05, 3.63) is 78.1 Å². The lowest BCUT2D eigenvalue weighted by Crippen LogP contribution is -2.53. The molecule has 1 fully saturated rings. The van der Waals surface area contributed by atoms with Crippen LogP contribution in [0.3, 0.4) is 0 Å². The van der Waals surface area contributed by atoms with Crippen molar-refractivity contribution in [3.8, 4) is 17.2 Å². The lowest BCUT2D eigenvalue weighted by atomic mass is 9.95. The predicted molar refractivity (Wildman–Crippen MR) is 166 cm³/mol. The number of amides is 2. The highest BCUT2D eigenvalue weighted by molar-refractivity contribution is 7.92. The minimum absolute atomic E-state index is 0.0220. The minimum Gasteiger partial charge on any atom is -0.497 e. The number of sulfonamides is 1. The van der Waals surface area contributed by atoms with E-state index in [-0.39, 0.29) is 41.4 Å². The third kappa shape index (κ3) is 7.67. The van der Waals surface area contributed by atoms with E-state index in [1.54, 1.807) is 31.2 Å². The molecule has 0 saturated heterocycles. The van der Waals surface area contributed by atoms with Gasteiger partial charge in [0, 0.05) is 18.7 Å². The van der Waals surface area contributed by atoms with E-state index in [2.05, 4.69) is 5.32 Å². The summed E-state index contributed by atoms with van der Waals surface area (Å²) in [4.78, 5) is 28.9. The number of carbonyl (C=O) groups is 2. The fraction of sp³-hybridized carbons (Fsp3) is 0.394. The molecule has 2 aliphatic rings. The van der Waals surface area contributed by atoms with E-state index in [4.69, 9.17) is 14.2 Å². The fourth-order valence-electron chi connectivity index (χ4n) is 5.57. The van der Waals surface area contributed by atoms with Gasteiger partial charge < -0.3 is 24.4 Å². The van der Waals surface area contributed by atoms with Crippen LogP contribution in [0.2, 0.25) is 0 Å². The van der Waals surface area contributed by atoms with Gasteiger partial charge in [0.2, 0.25) is 11.8 Å². The maximum Gasteiger partial charge on any atom is 0.264 e. The smallest absolute Gasteiger partial charge is 0.264 e. The quantitative estimate of drug-likeness (QED) is 0.325. The summed E-state index contributed by atoms with van der Waals surface area (Å²) in [7, 11) is -2.84. The monoisotopic (exact) mass is 639 g/mol. The molecule has 0 spiro atoms. The Labute approximate surface area is 263 Å². The highest BCUT2D eigenvalue weighted by Gasteiger charge is 2.34. The van der Waals surface area contributed by atoms with Crippen molar-refractivity contribution in [2.45, 2.75) is 62.6 Å². The molecule has 0 bridgehead atoms. The first-order chi connectivity index (χ1) is 21.7. The molecule has 1 aliphatic heterocycles. The van der Waals surface area contributed by atoms with Crippen molar-refractivity contribution in [1.82, 2.24) is 10.2 Å². The Morgan fingerprint density at radius 1 is 0.978 bits per heavy atom. The number of ether oxygens (including phenoxy) is 3. The third-order valence-electron chi connectivity index (χ3n) is 8.10. The molecule has 1 N–H and O–H groups in total. The molecule has 5 rings (SSSR count). The van der Waals surface area contributed by atoms with Gasteiger partial charge in [-0.05, 0) is 73.9 Å². The Morgan fingerprint density at radius 3 is 2.40 bits per heavy atom. The summed E-state index contributed by atoms with van der Waals surface area (Å²) >= 11 is 0. The van der Waals surface area contributed by atoms with Gasteiger partial charge in [-0.1, -0.05) is 31.4 Å². The zero-order chi connectivity index (χ0) is 32.0. The molecule has 3 aromatic rings. The molecule has 1 atom stereocenters. The van der Waals surface area contributed by atoms with Crippen LogP contribution in [0.5, 0.6) is 17.2 Å². The Bertz CT molecular complexity index is 1610.